The molecular weight excluding hydrogens is 354 g/mol. The van der Waals surface area contributed by atoms with Crippen LogP contribution in [0.4, 0.5) is 5.69 Å². The van der Waals surface area contributed by atoms with E-state index in [2.05, 4.69) is 22.1 Å². The second-order valence-corrected chi connectivity index (χ2v) is 6.53. The zero-order valence-electron chi connectivity index (χ0n) is 14.9. The zero-order valence-corrected chi connectivity index (χ0v) is 15.7. The number of hydrogen-bond donors (Lipinski definition) is 1. The van der Waals surface area contributed by atoms with E-state index in [0.717, 1.165) is 5.57 Å². The summed E-state index contributed by atoms with van der Waals surface area (Å²) in [5, 5.41) is 22.6. The molecule has 0 aliphatic rings. The molecule has 0 aliphatic heterocycles. The van der Waals surface area contributed by atoms with E-state index < -0.39 is 4.92 Å². The van der Waals surface area contributed by atoms with Gasteiger partial charge in [-0.05, 0) is 39.1 Å². The van der Waals surface area contributed by atoms with Gasteiger partial charge >= 0.3 is 0 Å². The summed E-state index contributed by atoms with van der Waals surface area (Å²) in [6.07, 6.45) is 0. The van der Waals surface area contributed by atoms with Crippen LogP contribution in [0.5, 0.6) is 0 Å². The van der Waals surface area contributed by atoms with Crippen molar-refractivity contribution in [3.63, 3.8) is 0 Å². The van der Waals surface area contributed by atoms with Crippen LogP contribution in [-0.4, -0.2) is 37.7 Å². The van der Waals surface area contributed by atoms with E-state index in [9.17, 15) is 10.1 Å². The summed E-state index contributed by atoms with van der Waals surface area (Å²) in [7, 11) is 0. The van der Waals surface area contributed by atoms with E-state index in [1.807, 2.05) is 25.7 Å². The molecule has 1 aromatic heterocycles. The first-order valence-corrected chi connectivity index (χ1v) is 8.44. The number of nitrogens with one attached hydrogen (secondary N) is 1. The van der Waals surface area contributed by atoms with Crippen molar-refractivity contribution >= 4 is 23.0 Å². The van der Waals surface area contributed by atoms with Gasteiger partial charge in [0.05, 0.1) is 11.5 Å². The predicted molar refractivity (Wildman–Crippen MR) is 102 cm³/mol. The number of rotatable bonds is 7. The summed E-state index contributed by atoms with van der Waals surface area (Å²) in [5.41, 5.74) is 1.44. The van der Waals surface area contributed by atoms with Crippen LogP contribution in [0.25, 0.3) is 11.5 Å². The molecule has 0 atom stereocenters. The number of nitrogens with zero attached hydrogens (tertiary/aromatic N) is 4. The van der Waals surface area contributed by atoms with Crippen molar-refractivity contribution < 1.29 is 9.34 Å². The molecule has 0 saturated carbocycles. The molecule has 0 amide bonds. The van der Waals surface area contributed by atoms with Crippen molar-refractivity contribution in [2.24, 2.45) is 0 Å². The maximum absolute atomic E-state index is 10.9. The topological polar surface area (TPSA) is 97.3 Å². The van der Waals surface area contributed by atoms with Crippen molar-refractivity contribution in [2.75, 3.05) is 6.54 Å². The number of aromatic nitrogens is 2. The molecule has 0 fully saturated rings. The van der Waals surface area contributed by atoms with Crippen LogP contribution in [-0.2, 0) is 6.54 Å². The molecule has 0 aliphatic carbocycles. The Bertz CT molecular complexity index is 818. The quantitative estimate of drug-likeness (QED) is 0.341. The molecule has 0 bridgehead atoms. The van der Waals surface area contributed by atoms with Gasteiger partial charge in [0.15, 0.2) is 5.11 Å². The maximum atomic E-state index is 10.9. The Kier molecular flexibility index (Phi) is 6.40. The molecule has 0 spiro atoms. The smallest absolute Gasteiger partial charge is 0.270 e. The zero-order chi connectivity index (χ0) is 19.3. The molecule has 8 nitrogen and oxygen atoms in total. The van der Waals surface area contributed by atoms with Gasteiger partial charge in [0.25, 0.3) is 5.69 Å². The molecule has 2 rings (SSSR count). The largest absolute Gasteiger partial charge is 0.419 e. The Labute approximate surface area is 157 Å². The first-order valence-electron chi connectivity index (χ1n) is 8.04. The lowest BCUT2D eigenvalue weighted by Gasteiger charge is -2.28. The molecule has 1 aromatic carbocycles. The van der Waals surface area contributed by atoms with E-state index in [4.69, 9.17) is 16.6 Å². The summed E-state index contributed by atoms with van der Waals surface area (Å²) in [5.74, 6) is 0.605. The van der Waals surface area contributed by atoms with Gasteiger partial charge in [-0.1, -0.05) is 18.2 Å². The van der Waals surface area contributed by atoms with Gasteiger partial charge in [-0.25, -0.2) is 0 Å². The molecule has 1 heterocycles. The summed E-state index contributed by atoms with van der Waals surface area (Å²) < 4.78 is 5.67. The highest BCUT2D eigenvalue weighted by Gasteiger charge is 2.18. The number of thiocarbonyl (C=S) groups is 1. The van der Waals surface area contributed by atoms with E-state index in [0.29, 0.717) is 29.7 Å². The lowest BCUT2D eigenvalue weighted by Crippen LogP contribution is -2.43. The molecule has 138 valence electrons. The van der Waals surface area contributed by atoms with Crippen LogP contribution < -0.4 is 5.32 Å². The van der Waals surface area contributed by atoms with Gasteiger partial charge in [0.2, 0.25) is 11.8 Å². The monoisotopic (exact) mass is 375 g/mol. The van der Waals surface area contributed by atoms with Crippen molar-refractivity contribution in [2.45, 2.75) is 33.4 Å². The van der Waals surface area contributed by atoms with Crippen molar-refractivity contribution in [1.82, 2.24) is 20.4 Å². The average molecular weight is 375 g/mol. The second-order valence-electron chi connectivity index (χ2n) is 6.15. The average Bonchev–Trinajstić information content (AvgIpc) is 3.06. The maximum Gasteiger partial charge on any atom is 0.270 e. The SMILES string of the molecule is C=C(C)CNC(=S)N(Cc1nnc(-c2cccc([N+](=O)[O-])c2)o1)C(C)C. The first kappa shape index (κ1) is 19.5. The normalized spacial score (nSPS) is 10.6. The minimum absolute atomic E-state index is 0.0313. The van der Waals surface area contributed by atoms with Crippen LogP contribution >= 0.6 is 12.2 Å². The molecule has 0 saturated heterocycles. The van der Waals surface area contributed by atoms with Crippen LogP contribution in [0.1, 0.15) is 26.7 Å². The summed E-state index contributed by atoms with van der Waals surface area (Å²) in [6.45, 7) is 10.7. The predicted octanol–water partition coefficient (Wildman–Crippen LogP) is 3.31. The lowest BCUT2D eigenvalue weighted by molar-refractivity contribution is -0.384. The molecule has 0 unspecified atom stereocenters. The standard InChI is InChI=1S/C17H21N5O3S/c1-11(2)9-18-17(26)21(12(3)4)10-15-19-20-16(25-15)13-6-5-7-14(8-13)22(23)24/h5-8,12H,1,9-10H2,2-4H3,(H,18,26). The van der Waals surface area contributed by atoms with E-state index in [1.165, 1.54) is 12.1 Å². The Morgan fingerprint density at radius 3 is 2.81 bits per heavy atom. The van der Waals surface area contributed by atoms with Crippen LogP contribution in [0.2, 0.25) is 0 Å². The van der Waals surface area contributed by atoms with E-state index in [-0.39, 0.29) is 17.6 Å². The minimum atomic E-state index is -0.465. The van der Waals surface area contributed by atoms with Crippen LogP contribution in [0, 0.1) is 10.1 Å². The fourth-order valence-electron chi connectivity index (χ4n) is 2.15. The number of nitro groups is 1. The lowest BCUT2D eigenvalue weighted by atomic mass is 10.2. The van der Waals surface area contributed by atoms with Gasteiger partial charge in [0, 0.05) is 30.3 Å². The number of nitro benzene ring substituents is 1. The van der Waals surface area contributed by atoms with Gasteiger partial charge in [-0.2, -0.15) is 0 Å². The number of hydrogen-bond acceptors (Lipinski definition) is 6. The highest BCUT2D eigenvalue weighted by molar-refractivity contribution is 7.80. The highest BCUT2D eigenvalue weighted by Crippen LogP contribution is 2.23. The van der Waals surface area contributed by atoms with E-state index in [1.54, 1.807) is 12.1 Å². The van der Waals surface area contributed by atoms with Crippen LogP contribution in [0.3, 0.4) is 0 Å². The Hall–Kier alpha value is -2.81. The van der Waals surface area contributed by atoms with Gasteiger partial charge in [-0.15, -0.1) is 10.2 Å². The van der Waals surface area contributed by atoms with Gasteiger partial charge < -0.3 is 14.6 Å². The fourth-order valence-corrected chi connectivity index (χ4v) is 2.50. The molecule has 9 heteroatoms. The fraction of sp³-hybridized carbons (Fsp3) is 0.353. The molecular formula is C17H21N5O3S. The molecule has 2 aromatic rings. The summed E-state index contributed by atoms with van der Waals surface area (Å²) >= 11 is 5.42. The summed E-state index contributed by atoms with van der Waals surface area (Å²) in [6, 6.07) is 6.19. The van der Waals surface area contributed by atoms with Gasteiger partial charge in [0.1, 0.15) is 0 Å². The molecule has 26 heavy (non-hydrogen) atoms. The highest BCUT2D eigenvalue weighted by atomic mass is 32.1. The Morgan fingerprint density at radius 2 is 2.19 bits per heavy atom. The van der Waals surface area contributed by atoms with Crippen molar-refractivity contribution in [1.29, 1.82) is 0 Å². The number of non-ortho nitro benzene ring substituents is 1. The van der Waals surface area contributed by atoms with Crippen LogP contribution in [0.15, 0.2) is 40.8 Å². The third kappa shape index (κ3) is 5.09. The van der Waals surface area contributed by atoms with Crippen molar-refractivity contribution in [3.8, 4) is 11.5 Å². The number of benzene rings is 1. The molecule has 0 radical (unpaired) electrons. The summed E-state index contributed by atoms with van der Waals surface area (Å²) in [4.78, 5) is 12.4. The van der Waals surface area contributed by atoms with Gasteiger partial charge in [-0.3, -0.25) is 10.1 Å². The Morgan fingerprint density at radius 1 is 1.46 bits per heavy atom. The van der Waals surface area contributed by atoms with E-state index >= 15 is 0 Å². The minimum Gasteiger partial charge on any atom is -0.419 e. The Balaban J connectivity index is 2.15. The first-order chi connectivity index (χ1) is 12.3. The second kappa shape index (κ2) is 8.52. The molecule has 1 N–H and O–H groups in total. The third-order valence-corrected chi connectivity index (χ3v) is 3.88. The van der Waals surface area contributed by atoms with Crippen molar-refractivity contribution in [3.05, 3.63) is 52.4 Å². The third-order valence-electron chi connectivity index (χ3n) is 3.50.